The zero-order chi connectivity index (χ0) is 23.6. The van der Waals surface area contributed by atoms with E-state index < -0.39 is 25.8 Å². The van der Waals surface area contributed by atoms with E-state index >= 15 is 0 Å². The van der Waals surface area contributed by atoms with Crippen LogP contribution >= 0.6 is 0 Å². The molecule has 3 aromatic carbocycles. The Morgan fingerprint density at radius 2 is 1.36 bits per heavy atom. The molecule has 0 unspecified atom stereocenters. The zero-order valence-corrected chi connectivity index (χ0v) is 19.2. The van der Waals surface area contributed by atoms with Crippen molar-refractivity contribution in [1.82, 2.24) is 4.72 Å². The Bertz CT molecular complexity index is 1490. The summed E-state index contributed by atoms with van der Waals surface area (Å²) in [6.07, 6.45) is 1.92. The first-order valence-corrected chi connectivity index (χ1v) is 13.0. The third kappa shape index (κ3) is 4.64. The maximum absolute atomic E-state index is 13.0. The molecule has 9 heteroatoms. The van der Waals surface area contributed by atoms with Crippen LogP contribution in [0.15, 0.2) is 105 Å². The van der Waals surface area contributed by atoms with Crippen LogP contribution in [0.2, 0.25) is 0 Å². The predicted molar refractivity (Wildman–Crippen MR) is 125 cm³/mol. The summed E-state index contributed by atoms with van der Waals surface area (Å²) in [5.74, 6) is -0.575. The minimum atomic E-state index is -4.11. The smallest absolute Gasteiger partial charge is 0.282 e. The minimum absolute atomic E-state index is 0.00129. The van der Waals surface area contributed by atoms with E-state index in [0.29, 0.717) is 5.56 Å². The van der Waals surface area contributed by atoms with Gasteiger partial charge in [-0.15, -0.1) is 0 Å². The molecule has 1 aliphatic rings. The lowest BCUT2D eigenvalue weighted by atomic mass is 9.93. The lowest BCUT2D eigenvalue weighted by Crippen LogP contribution is -2.31. The molecule has 0 saturated carbocycles. The van der Waals surface area contributed by atoms with E-state index in [9.17, 15) is 21.6 Å². The van der Waals surface area contributed by atoms with Gasteiger partial charge in [0.1, 0.15) is 0 Å². The van der Waals surface area contributed by atoms with E-state index in [2.05, 4.69) is 9.12 Å². The van der Waals surface area contributed by atoms with Gasteiger partial charge in [-0.1, -0.05) is 61.5 Å². The standard InChI is InChI=1S/C24H20N2O5S2/c1-2-17-12-14-19(15-13-17)33(30,31)25-22-16-23(24(27)21-11-7-6-10-20(21)22)26-32(28,29)18-8-4-3-5-9-18/h3-16,26H,2H2,1H3/b25-22-. The number of allylic oxidation sites excluding steroid dienone is 2. The molecule has 0 aliphatic heterocycles. The summed E-state index contributed by atoms with van der Waals surface area (Å²) in [7, 11) is -8.18. The highest BCUT2D eigenvalue weighted by molar-refractivity contribution is 7.90. The molecule has 0 fully saturated rings. The summed E-state index contributed by atoms with van der Waals surface area (Å²) in [5.41, 5.74) is 1.12. The summed E-state index contributed by atoms with van der Waals surface area (Å²) in [4.78, 5) is 13.0. The molecule has 0 saturated heterocycles. The summed E-state index contributed by atoms with van der Waals surface area (Å²) >= 11 is 0. The minimum Gasteiger partial charge on any atom is -0.287 e. The fourth-order valence-corrected chi connectivity index (χ4v) is 5.43. The van der Waals surface area contributed by atoms with Gasteiger partial charge in [-0.05, 0) is 42.3 Å². The van der Waals surface area contributed by atoms with E-state index in [1.807, 2.05) is 6.92 Å². The van der Waals surface area contributed by atoms with Gasteiger partial charge in [0, 0.05) is 11.1 Å². The SMILES string of the molecule is CCc1ccc(S(=O)(=O)/N=C2/C=C(NS(=O)(=O)c3ccccc3)C(=O)c3ccccc32)cc1. The van der Waals surface area contributed by atoms with Crippen LogP contribution in [-0.2, 0) is 26.5 Å². The van der Waals surface area contributed by atoms with Crippen molar-refractivity contribution in [1.29, 1.82) is 0 Å². The maximum Gasteiger partial charge on any atom is 0.282 e. The number of rotatable bonds is 6. The van der Waals surface area contributed by atoms with Gasteiger partial charge in [0.2, 0.25) is 5.78 Å². The van der Waals surface area contributed by atoms with Gasteiger partial charge in [-0.25, -0.2) is 8.42 Å². The number of hydrogen-bond donors (Lipinski definition) is 1. The summed E-state index contributed by atoms with van der Waals surface area (Å²) in [5, 5.41) is 0. The first-order valence-electron chi connectivity index (χ1n) is 10.1. The van der Waals surface area contributed by atoms with Crippen molar-refractivity contribution in [3.05, 3.63) is 107 Å². The summed E-state index contributed by atoms with van der Waals surface area (Å²) < 4.78 is 57.7. The second kappa shape index (κ2) is 8.76. The molecule has 0 heterocycles. The molecule has 168 valence electrons. The number of hydrogen-bond acceptors (Lipinski definition) is 5. The summed E-state index contributed by atoms with van der Waals surface area (Å²) in [6, 6.07) is 20.3. The van der Waals surface area contributed by atoms with E-state index in [-0.39, 0.29) is 26.8 Å². The van der Waals surface area contributed by atoms with Gasteiger partial charge in [-0.3, -0.25) is 9.52 Å². The van der Waals surface area contributed by atoms with Gasteiger partial charge < -0.3 is 0 Å². The molecule has 0 aromatic heterocycles. The van der Waals surface area contributed by atoms with Crippen LogP contribution in [0.5, 0.6) is 0 Å². The Balaban J connectivity index is 1.80. The van der Waals surface area contributed by atoms with E-state index in [0.717, 1.165) is 18.1 Å². The lowest BCUT2D eigenvalue weighted by molar-refractivity contribution is 0.102. The molecule has 0 atom stereocenters. The number of benzene rings is 3. The number of ketones is 1. The third-order valence-corrected chi connectivity index (χ3v) is 7.81. The molecule has 0 bridgehead atoms. The van der Waals surface area contributed by atoms with Crippen molar-refractivity contribution in [3.63, 3.8) is 0 Å². The van der Waals surface area contributed by atoms with E-state index in [1.165, 1.54) is 30.3 Å². The topological polar surface area (TPSA) is 110 Å². The van der Waals surface area contributed by atoms with E-state index in [1.54, 1.807) is 48.5 Å². The molecule has 33 heavy (non-hydrogen) atoms. The summed E-state index contributed by atoms with van der Waals surface area (Å²) in [6.45, 7) is 1.96. The van der Waals surface area contributed by atoms with Gasteiger partial charge in [-0.2, -0.15) is 12.8 Å². The number of nitrogens with one attached hydrogen (secondary N) is 1. The van der Waals surface area contributed by atoms with Crippen LogP contribution in [0.25, 0.3) is 0 Å². The number of fused-ring (bicyclic) bond motifs is 1. The van der Waals surface area contributed by atoms with Crippen molar-refractivity contribution < 1.29 is 21.6 Å². The molecule has 0 spiro atoms. The fraction of sp³-hybridized carbons (Fsp3) is 0.0833. The zero-order valence-electron chi connectivity index (χ0n) is 17.6. The van der Waals surface area contributed by atoms with Gasteiger partial charge in [0.15, 0.2) is 0 Å². The van der Waals surface area contributed by atoms with E-state index in [4.69, 9.17) is 0 Å². The molecule has 4 rings (SSSR count). The van der Waals surface area contributed by atoms with Crippen LogP contribution in [-0.4, -0.2) is 28.3 Å². The van der Waals surface area contributed by atoms with Crippen LogP contribution in [0.4, 0.5) is 0 Å². The van der Waals surface area contributed by atoms with Crippen LogP contribution < -0.4 is 4.72 Å². The van der Waals surface area contributed by atoms with Gasteiger partial charge in [0.25, 0.3) is 20.0 Å². The monoisotopic (exact) mass is 480 g/mol. The van der Waals surface area contributed by atoms with Crippen molar-refractivity contribution in [2.24, 2.45) is 4.40 Å². The van der Waals surface area contributed by atoms with Crippen molar-refractivity contribution in [3.8, 4) is 0 Å². The average Bonchev–Trinajstić information content (AvgIpc) is 2.82. The Morgan fingerprint density at radius 1 is 0.758 bits per heavy atom. The molecule has 0 radical (unpaired) electrons. The fourth-order valence-electron chi connectivity index (χ4n) is 3.36. The van der Waals surface area contributed by atoms with Crippen molar-refractivity contribution in [2.45, 2.75) is 23.1 Å². The first-order chi connectivity index (χ1) is 15.7. The molecular formula is C24H20N2O5S2. The molecule has 7 nitrogen and oxygen atoms in total. The van der Waals surface area contributed by atoms with Crippen LogP contribution in [0, 0.1) is 0 Å². The quantitative estimate of drug-likeness (QED) is 0.581. The van der Waals surface area contributed by atoms with Crippen LogP contribution in [0.3, 0.4) is 0 Å². The normalized spacial score (nSPS) is 15.1. The lowest BCUT2D eigenvalue weighted by Gasteiger charge is -2.18. The molecule has 0 amide bonds. The molecular weight excluding hydrogens is 460 g/mol. The second-order valence-corrected chi connectivity index (χ2v) is 10.6. The maximum atomic E-state index is 13.0. The number of Topliss-reactive ketones (excluding diaryl/α,β-unsaturated/α-hetero) is 1. The number of nitrogens with zero attached hydrogens (tertiary/aromatic N) is 1. The molecule has 3 aromatic rings. The highest BCUT2D eigenvalue weighted by atomic mass is 32.2. The largest absolute Gasteiger partial charge is 0.287 e. The number of aryl methyl sites for hydroxylation is 1. The Morgan fingerprint density at radius 3 is 2.00 bits per heavy atom. The van der Waals surface area contributed by atoms with Crippen molar-refractivity contribution in [2.75, 3.05) is 0 Å². The van der Waals surface area contributed by atoms with Gasteiger partial charge in [0.05, 0.1) is 21.2 Å². The van der Waals surface area contributed by atoms with Crippen LogP contribution in [0.1, 0.15) is 28.4 Å². The third-order valence-electron chi connectivity index (χ3n) is 5.12. The Kier molecular flexibility index (Phi) is 6.01. The predicted octanol–water partition coefficient (Wildman–Crippen LogP) is 3.49. The first kappa shape index (κ1) is 22.6. The Labute approximate surface area is 192 Å². The van der Waals surface area contributed by atoms with Gasteiger partial charge >= 0.3 is 0 Å². The molecule has 1 aliphatic carbocycles. The highest BCUT2D eigenvalue weighted by Crippen LogP contribution is 2.24. The highest BCUT2D eigenvalue weighted by Gasteiger charge is 2.29. The molecule has 1 N–H and O–H groups in total. The second-order valence-electron chi connectivity index (χ2n) is 7.30. The Hall–Kier alpha value is -3.56. The number of carbonyl (C=O) groups excluding carboxylic acids is 1. The number of sulfonamides is 2. The number of carbonyl (C=O) groups is 1. The average molecular weight is 481 g/mol. The van der Waals surface area contributed by atoms with Crippen molar-refractivity contribution >= 4 is 31.5 Å².